The fourth-order valence-electron chi connectivity index (χ4n) is 3.67. The van der Waals surface area contributed by atoms with E-state index in [2.05, 4.69) is 27.6 Å². The maximum atomic E-state index is 13.3. The second kappa shape index (κ2) is 10.5. The summed E-state index contributed by atoms with van der Waals surface area (Å²) in [6.07, 6.45) is 1.85. The molecule has 0 radical (unpaired) electrons. The van der Waals surface area contributed by atoms with Crippen LogP contribution < -0.4 is 10.2 Å². The number of nitrogens with zero attached hydrogens (tertiary/aromatic N) is 5. The molecule has 8 nitrogen and oxygen atoms in total. The van der Waals surface area contributed by atoms with Gasteiger partial charge in [0.1, 0.15) is 0 Å². The maximum absolute atomic E-state index is 13.3. The van der Waals surface area contributed by atoms with E-state index in [1.165, 1.54) is 16.9 Å². The predicted molar refractivity (Wildman–Crippen MR) is 136 cm³/mol. The van der Waals surface area contributed by atoms with Crippen LogP contribution in [0.25, 0.3) is 17.1 Å². The van der Waals surface area contributed by atoms with Gasteiger partial charge in [-0.2, -0.15) is 0 Å². The molecule has 0 aliphatic heterocycles. The Kier molecular flexibility index (Phi) is 6.78. The van der Waals surface area contributed by atoms with Crippen LogP contribution in [0.5, 0.6) is 0 Å². The molecule has 3 heterocycles. The van der Waals surface area contributed by atoms with Crippen molar-refractivity contribution in [2.45, 2.75) is 13.5 Å². The Balaban J connectivity index is 1.34. The minimum atomic E-state index is -0.0677. The number of hydrogen-bond donors (Lipinski definition) is 1. The largest absolute Gasteiger partial charge is 0.421 e. The van der Waals surface area contributed by atoms with Crippen molar-refractivity contribution in [1.82, 2.24) is 25.3 Å². The Bertz CT molecular complexity index is 1390. The molecule has 35 heavy (non-hydrogen) atoms. The smallest absolute Gasteiger partial charge is 0.269 e. The van der Waals surface area contributed by atoms with Crippen molar-refractivity contribution < 1.29 is 9.21 Å². The molecule has 0 fully saturated rings. The van der Waals surface area contributed by atoms with E-state index in [1.807, 2.05) is 72.2 Å². The van der Waals surface area contributed by atoms with Gasteiger partial charge >= 0.3 is 0 Å². The van der Waals surface area contributed by atoms with E-state index in [0.717, 1.165) is 17.8 Å². The Morgan fingerprint density at radius 2 is 1.94 bits per heavy atom. The quantitative estimate of drug-likeness (QED) is 0.304. The first-order chi connectivity index (χ1) is 17.2. The van der Waals surface area contributed by atoms with Crippen LogP contribution >= 0.6 is 11.3 Å². The Labute approximate surface area is 206 Å². The van der Waals surface area contributed by atoms with Gasteiger partial charge in [-0.15, -0.1) is 26.6 Å². The summed E-state index contributed by atoms with van der Waals surface area (Å²) < 4.78 is 7.30. The lowest BCUT2D eigenvalue weighted by Gasteiger charge is -2.20. The lowest BCUT2D eigenvalue weighted by Crippen LogP contribution is -2.37. The molecular formula is C26H24N6O2S. The number of amides is 1. The molecule has 0 saturated heterocycles. The fourth-order valence-corrected chi connectivity index (χ4v) is 4.34. The highest BCUT2D eigenvalue weighted by atomic mass is 32.1. The topological polar surface area (TPSA) is 89.1 Å². The number of carbonyl (C=O) groups is 1. The van der Waals surface area contributed by atoms with Crippen molar-refractivity contribution in [3.8, 4) is 17.1 Å². The van der Waals surface area contributed by atoms with Gasteiger partial charge in [-0.1, -0.05) is 42.5 Å². The normalized spacial score (nSPS) is 11.0. The maximum Gasteiger partial charge on any atom is 0.269 e. The van der Waals surface area contributed by atoms with Gasteiger partial charge in [0.05, 0.1) is 10.6 Å². The lowest BCUT2D eigenvalue weighted by molar-refractivity contribution is 0.0990. The van der Waals surface area contributed by atoms with Crippen molar-refractivity contribution in [3.05, 3.63) is 101 Å². The third-order valence-corrected chi connectivity index (χ3v) is 6.25. The zero-order valence-electron chi connectivity index (χ0n) is 19.2. The van der Waals surface area contributed by atoms with Gasteiger partial charge in [-0.25, -0.2) is 4.68 Å². The van der Waals surface area contributed by atoms with Crippen molar-refractivity contribution in [2.75, 3.05) is 18.0 Å². The highest BCUT2D eigenvalue weighted by molar-refractivity contribution is 7.12. The average Bonchev–Trinajstić information content (AvgIpc) is 3.67. The number of aryl methyl sites for hydroxylation is 1. The summed E-state index contributed by atoms with van der Waals surface area (Å²) in [5.74, 6) is 1.48. The molecule has 0 unspecified atom stereocenters. The molecule has 176 valence electrons. The first kappa shape index (κ1) is 22.7. The van der Waals surface area contributed by atoms with Crippen molar-refractivity contribution in [3.63, 3.8) is 0 Å². The van der Waals surface area contributed by atoms with E-state index in [4.69, 9.17) is 9.52 Å². The van der Waals surface area contributed by atoms with Gasteiger partial charge in [0.2, 0.25) is 11.8 Å². The Morgan fingerprint density at radius 3 is 2.71 bits per heavy atom. The highest BCUT2D eigenvalue weighted by Gasteiger charge is 2.21. The number of nitrogens with one attached hydrogen (secondary N) is 1. The number of benzene rings is 2. The van der Waals surface area contributed by atoms with E-state index in [1.54, 1.807) is 16.5 Å². The summed E-state index contributed by atoms with van der Waals surface area (Å²) >= 11 is 1.43. The van der Waals surface area contributed by atoms with Gasteiger partial charge in [-0.3, -0.25) is 9.69 Å². The third-order valence-electron chi connectivity index (χ3n) is 5.40. The number of thiophene rings is 1. The molecule has 3 aromatic heterocycles. The summed E-state index contributed by atoms with van der Waals surface area (Å²) in [6, 6.07) is 23.5. The minimum absolute atomic E-state index is 0.0677. The van der Waals surface area contributed by atoms with Crippen LogP contribution in [0.15, 0.2) is 88.8 Å². The molecule has 0 atom stereocenters. The summed E-state index contributed by atoms with van der Waals surface area (Å²) in [5, 5.41) is 18.0. The van der Waals surface area contributed by atoms with Gasteiger partial charge in [0.25, 0.3) is 5.91 Å². The Morgan fingerprint density at radius 1 is 1.06 bits per heavy atom. The number of rotatable bonds is 9. The van der Waals surface area contributed by atoms with Crippen LogP contribution in [0.4, 0.5) is 5.82 Å². The number of anilines is 1. The van der Waals surface area contributed by atoms with Crippen molar-refractivity contribution >= 4 is 23.1 Å². The van der Waals surface area contributed by atoms with Crippen LogP contribution in [-0.4, -0.2) is 39.0 Å². The third kappa shape index (κ3) is 5.37. The molecule has 5 aromatic rings. The van der Waals surface area contributed by atoms with Crippen LogP contribution in [0, 0.1) is 6.92 Å². The molecule has 5 rings (SSSR count). The van der Waals surface area contributed by atoms with E-state index < -0.39 is 0 Å². The van der Waals surface area contributed by atoms with Crippen molar-refractivity contribution in [1.29, 1.82) is 0 Å². The van der Waals surface area contributed by atoms with Gasteiger partial charge in [-0.05, 0) is 35.2 Å². The molecule has 0 spiro atoms. The van der Waals surface area contributed by atoms with Crippen LogP contribution in [-0.2, 0) is 6.54 Å². The first-order valence-electron chi connectivity index (χ1n) is 11.2. The molecule has 0 aliphatic rings. The zero-order valence-corrected chi connectivity index (χ0v) is 20.0. The first-order valence-corrected chi connectivity index (χ1v) is 12.1. The highest BCUT2D eigenvalue weighted by Crippen LogP contribution is 2.23. The lowest BCUT2D eigenvalue weighted by atomic mass is 10.2. The minimum Gasteiger partial charge on any atom is -0.421 e. The molecular weight excluding hydrogens is 460 g/mol. The predicted octanol–water partition coefficient (Wildman–Crippen LogP) is 4.73. The fraction of sp³-hybridized carbons (Fsp3) is 0.154. The molecule has 2 aromatic carbocycles. The summed E-state index contributed by atoms with van der Waals surface area (Å²) in [7, 11) is 0. The SMILES string of the molecule is Cc1nnc(-c2cccc(-n3ccc(N(CCNCc4ccccc4)C(=O)c4cccs4)n3)c2)o1. The van der Waals surface area contributed by atoms with E-state index in [9.17, 15) is 4.79 Å². The van der Waals surface area contributed by atoms with Crippen LogP contribution in [0.1, 0.15) is 21.1 Å². The molecule has 1 N–H and O–H groups in total. The average molecular weight is 485 g/mol. The van der Waals surface area contributed by atoms with Gasteiger partial charge in [0.15, 0.2) is 5.82 Å². The van der Waals surface area contributed by atoms with Crippen molar-refractivity contribution in [2.24, 2.45) is 0 Å². The molecule has 0 bridgehead atoms. The number of aromatic nitrogens is 4. The van der Waals surface area contributed by atoms with E-state index in [-0.39, 0.29) is 5.91 Å². The molecule has 9 heteroatoms. The molecule has 1 amide bonds. The second-order valence-corrected chi connectivity index (χ2v) is 8.84. The van der Waals surface area contributed by atoms with E-state index >= 15 is 0 Å². The van der Waals surface area contributed by atoms with E-state index in [0.29, 0.717) is 35.6 Å². The summed E-state index contributed by atoms with van der Waals surface area (Å²) in [4.78, 5) is 15.7. The summed E-state index contributed by atoms with van der Waals surface area (Å²) in [5.41, 5.74) is 2.83. The number of carbonyl (C=O) groups excluding carboxylic acids is 1. The molecule has 0 saturated carbocycles. The van der Waals surface area contributed by atoms with Gasteiger partial charge < -0.3 is 9.73 Å². The Hall–Kier alpha value is -4.08. The monoisotopic (exact) mass is 484 g/mol. The standard InChI is InChI=1S/C26H24N6O2S/c1-19-28-29-25(34-19)21-9-5-10-22(17-21)32-14-12-24(30-32)31(26(33)23-11-6-16-35-23)15-13-27-18-20-7-3-2-4-8-20/h2-12,14,16-17,27H,13,15,18H2,1H3. The zero-order chi connectivity index (χ0) is 24.0. The summed E-state index contributed by atoms with van der Waals surface area (Å²) in [6.45, 7) is 3.61. The van der Waals surface area contributed by atoms with Crippen LogP contribution in [0.3, 0.4) is 0 Å². The molecule has 0 aliphatic carbocycles. The second-order valence-electron chi connectivity index (χ2n) is 7.89. The van der Waals surface area contributed by atoms with Crippen LogP contribution in [0.2, 0.25) is 0 Å². The van der Waals surface area contributed by atoms with Gasteiger partial charge in [0, 0.05) is 44.4 Å². The number of hydrogen-bond acceptors (Lipinski definition) is 7.